The number of hydrogen-bond acceptors (Lipinski definition) is 8. The lowest BCUT2D eigenvalue weighted by Crippen LogP contribution is -2.60. The molecule has 0 radical (unpaired) electrons. The molecule has 0 bridgehead atoms. The average Bonchev–Trinajstić information content (AvgIpc) is 3.49. The first-order valence-corrected chi connectivity index (χ1v) is 38.7. The molecule has 0 aliphatic carbocycles. The molecule has 0 aromatic heterocycles. The number of hydrogen-bond donors (Lipinski definition) is 6. The standard InChI is InChI=1S/C78H149NO8/c1-3-5-7-9-11-13-15-17-19-21-23-25-27-28-29-30-31-32-33-34-35-36-37-38-39-40-41-42-43-44-46-48-50-52-54-56-58-60-62-64-66-68-74(82)79-71(70-86-78-77(85)76(84)75(83)73(69-80)87-78)72(81)67-65-63-61-59-57-55-53-51-49-47-45-26-24-22-20-18-16-14-12-10-8-6-4-2/h49,51,57,59,65,67,71-73,75-78,80-81,83-85H,3-48,50,52-56,58,60-64,66,68-70H2,1-2H3,(H,79,82)/b51-49+,59-57+,67-65+. The first-order chi connectivity index (χ1) is 42.8. The van der Waals surface area contributed by atoms with Crippen molar-refractivity contribution in [3.63, 3.8) is 0 Å². The summed E-state index contributed by atoms with van der Waals surface area (Å²) >= 11 is 0. The van der Waals surface area contributed by atoms with Gasteiger partial charge in [0.05, 0.1) is 25.4 Å². The fourth-order valence-electron chi connectivity index (χ4n) is 12.7. The van der Waals surface area contributed by atoms with Crippen LogP contribution in [0.15, 0.2) is 36.5 Å². The van der Waals surface area contributed by atoms with Crippen molar-refractivity contribution in [2.24, 2.45) is 0 Å². The third-order valence-electron chi connectivity index (χ3n) is 18.7. The summed E-state index contributed by atoms with van der Waals surface area (Å²) < 4.78 is 11.3. The first-order valence-electron chi connectivity index (χ1n) is 38.7. The van der Waals surface area contributed by atoms with Crippen molar-refractivity contribution >= 4 is 5.91 Å². The summed E-state index contributed by atoms with van der Waals surface area (Å²) in [6.07, 6.45) is 84.5. The highest BCUT2D eigenvalue weighted by Gasteiger charge is 2.44. The maximum atomic E-state index is 13.1. The third-order valence-corrected chi connectivity index (χ3v) is 18.7. The largest absolute Gasteiger partial charge is 0.394 e. The molecule has 1 fully saturated rings. The predicted molar refractivity (Wildman–Crippen MR) is 373 cm³/mol. The van der Waals surface area contributed by atoms with Gasteiger partial charge in [-0.05, 0) is 44.9 Å². The average molecular weight is 1230 g/mol. The van der Waals surface area contributed by atoms with E-state index in [1.807, 2.05) is 6.08 Å². The molecule has 6 N–H and O–H groups in total. The molecule has 0 spiro atoms. The second kappa shape index (κ2) is 67.3. The minimum atomic E-state index is -1.58. The molecule has 1 saturated heterocycles. The van der Waals surface area contributed by atoms with Crippen molar-refractivity contribution in [2.45, 2.75) is 442 Å². The second-order valence-corrected chi connectivity index (χ2v) is 27.1. The number of ether oxygens (including phenoxy) is 2. The quantitative estimate of drug-likeness (QED) is 0.0261. The normalized spacial score (nSPS) is 18.1. The number of aliphatic hydroxyl groups is 5. The van der Waals surface area contributed by atoms with E-state index in [9.17, 15) is 30.3 Å². The maximum absolute atomic E-state index is 13.1. The smallest absolute Gasteiger partial charge is 0.220 e. The monoisotopic (exact) mass is 1230 g/mol. The van der Waals surface area contributed by atoms with Gasteiger partial charge in [-0.3, -0.25) is 4.79 Å². The van der Waals surface area contributed by atoms with Crippen molar-refractivity contribution in [1.82, 2.24) is 5.32 Å². The summed E-state index contributed by atoms with van der Waals surface area (Å²) in [5.74, 6) is -0.182. The van der Waals surface area contributed by atoms with Gasteiger partial charge in [0.2, 0.25) is 5.91 Å². The van der Waals surface area contributed by atoms with Gasteiger partial charge in [-0.1, -0.05) is 384 Å². The molecule has 7 unspecified atom stereocenters. The topological polar surface area (TPSA) is 149 Å². The van der Waals surface area contributed by atoms with E-state index in [0.717, 1.165) is 44.9 Å². The number of rotatable bonds is 69. The van der Waals surface area contributed by atoms with Crippen LogP contribution < -0.4 is 5.32 Å². The van der Waals surface area contributed by atoms with Crippen LogP contribution in [0.5, 0.6) is 0 Å². The van der Waals surface area contributed by atoms with E-state index >= 15 is 0 Å². The van der Waals surface area contributed by atoms with Gasteiger partial charge in [0.15, 0.2) is 6.29 Å². The van der Waals surface area contributed by atoms with Crippen molar-refractivity contribution in [2.75, 3.05) is 13.2 Å². The van der Waals surface area contributed by atoms with E-state index in [4.69, 9.17) is 9.47 Å². The highest BCUT2D eigenvalue weighted by atomic mass is 16.7. The SMILES string of the molecule is CCCCCCCCCCCCCCC/C=C/CC/C=C/CC/C=C/C(O)C(COC1OC(CO)C(O)C(O)C1O)NC(=O)CCCCCCCCCCCCCCCCCCCCCCCCCCCCCCCCCCCCCCCCCCC. The molecule has 9 heteroatoms. The molecule has 1 aliphatic heterocycles. The summed E-state index contributed by atoms with van der Waals surface area (Å²) in [7, 11) is 0. The molecule has 514 valence electrons. The Morgan fingerprint density at radius 3 is 0.966 bits per heavy atom. The molecule has 9 nitrogen and oxygen atoms in total. The van der Waals surface area contributed by atoms with Crippen LogP contribution in [0.3, 0.4) is 0 Å². The zero-order valence-corrected chi connectivity index (χ0v) is 57.8. The Bertz CT molecular complexity index is 1470. The minimum absolute atomic E-state index is 0.182. The number of carbonyl (C=O) groups excluding carboxylic acids is 1. The molecule has 1 heterocycles. The number of nitrogens with one attached hydrogen (secondary N) is 1. The predicted octanol–water partition coefficient (Wildman–Crippen LogP) is 21.8. The Kier molecular flexibility index (Phi) is 64.5. The molecule has 1 rings (SSSR count). The van der Waals surface area contributed by atoms with Crippen LogP contribution in [0.4, 0.5) is 0 Å². The first kappa shape index (κ1) is 83.4. The summed E-state index contributed by atoms with van der Waals surface area (Å²) in [5, 5.41) is 54.8. The lowest BCUT2D eigenvalue weighted by atomic mass is 9.99. The van der Waals surface area contributed by atoms with Gasteiger partial charge in [-0.25, -0.2) is 0 Å². The van der Waals surface area contributed by atoms with Gasteiger partial charge in [0, 0.05) is 6.42 Å². The molecule has 1 aliphatic rings. The van der Waals surface area contributed by atoms with Gasteiger partial charge >= 0.3 is 0 Å². The molecule has 0 saturated carbocycles. The number of amides is 1. The summed E-state index contributed by atoms with van der Waals surface area (Å²) in [6.45, 7) is 3.82. The highest BCUT2D eigenvalue weighted by molar-refractivity contribution is 5.76. The number of aliphatic hydroxyl groups excluding tert-OH is 5. The molecular weight excluding hydrogens is 1080 g/mol. The molecule has 7 atom stereocenters. The van der Waals surface area contributed by atoms with Gasteiger partial charge in [-0.2, -0.15) is 0 Å². The molecule has 0 aromatic carbocycles. The van der Waals surface area contributed by atoms with Gasteiger partial charge in [0.25, 0.3) is 0 Å². The number of allylic oxidation sites excluding steroid dienone is 5. The van der Waals surface area contributed by atoms with Crippen LogP contribution in [-0.4, -0.2) is 87.5 Å². The fourth-order valence-corrected chi connectivity index (χ4v) is 12.7. The Labute approximate surface area is 540 Å². The summed E-state index contributed by atoms with van der Waals surface area (Å²) in [6, 6.07) is -0.828. The van der Waals surface area contributed by atoms with E-state index in [1.54, 1.807) is 6.08 Å². The Morgan fingerprint density at radius 1 is 0.379 bits per heavy atom. The molecular formula is C78H149NO8. The lowest BCUT2D eigenvalue weighted by Gasteiger charge is -2.40. The van der Waals surface area contributed by atoms with Crippen molar-refractivity contribution < 1.29 is 39.8 Å². The van der Waals surface area contributed by atoms with Crippen LogP contribution in [0.25, 0.3) is 0 Å². The van der Waals surface area contributed by atoms with Crippen molar-refractivity contribution in [3.8, 4) is 0 Å². The molecule has 1 amide bonds. The Hall–Kier alpha value is -1.59. The van der Waals surface area contributed by atoms with E-state index < -0.39 is 49.5 Å². The van der Waals surface area contributed by atoms with Crippen LogP contribution in [0.2, 0.25) is 0 Å². The second-order valence-electron chi connectivity index (χ2n) is 27.1. The fraction of sp³-hybridized carbons (Fsp3) is 0.910. The summed E-state index contributed by atoms with van der Waals surface area (Å²) in [5.41, 5.74) is 0. The minimum Gasteiger partial charge on any atom is -0.394 e. The van der Waals surface area contributed by atoms with Gasteiger partial charge < -0.3 is 40.3 Å². The Balaban J connectivity index is 2.05. The highest BCUT2D eigenvalue weighted by Crippen LogP contribution is 2.24. The van der Waals surface area contributed by atoms with Crippen LogP contribution in [0, 0.1) is 0 Å². The zero-order chi connectivity index (χ0) is 62.8. The summed E-state index contributed by atoms with van der Waals surface area (Å²) in [4.78, 5) is 13.1. The molecule has 87 heavy (non-hydrogen) atoms. The molecule has 0 aromatic rings. The Morgan fingerprint density at radius 2 is 0.655 bits per heavy atom. The van der Waals surface area contributed by atoms with Gasteiger partial charge in [-0.15, -0.1) is 0 Å². The lowest BCUT2D eigenvalue weighted by molar-refractivity contribution is -0.302. The number of carbonyl (C=O) groups is 1. The van der Waals surface area contributed by atoms with E-state index in [1.165, 1.54) is 334 Å². The van der Waals surface area contributed by atoms with Crippen LogP contribution in [-0.2, 0) is 14.3 Å². The number of unbranched alkanes of at least 4 members (excludes halogenated alkanes) is 55. The third kappa shape index (κ3) is 55.7. The van der Waals surface area contributed by atoms with Crippen LogP contribution in [0.1, 0.15) is 399 Å². The van der Waals surface area contributed by atoms with E-state index in [2.05, 4.69) is 43.5 Å². The van der Waals surface area contributed by atoms with Gasteiger partial charge in [0.1, 0.15) is 24.4 Å². The van der Waals surface area contributed by atoms with E-state index in [0.29, 0.717) is 6.42 Å². The van der Waals surface area contributed by atoms with E-state index in [-0.39, 0.29) is 12.5 Å². The van der Waals surface area contributed by atoms with Crippen molar-refractivity contribution in [1.29, 1.82) is 0 Å². The van der Waals surface area contributed by atoms with Crippen LogP contribution >= 0.6 is 0 Å². The zero-order valence-electron chi connectivity index (χ0n) is 57.8. The maximum Gasteiger partial charge on any atom is 0.220 e. The van der Waals surface area contributed by atoms with Crippen molar-refractivity contribution in [3.05, 3.63) is 36.5 Å².